The van der Waals surface area contributed by atoms with E-state index in [1.54, 1.807) is 48.5 Å². The Labute approximate surface area is 184 Å². The van der Waals surface area contributed by atoms with Gasteiger partial charge in [0.1, 0.15) is 24.0 Å². The highest BCUT2D eigenvalue weighted by Crippen LogP contribution is 2.26. The maximum atomic E-state index is 13.1. The third kappa shape index (κ3) is 4.95. The Morgan fingerprint density at radius 3 is 2.23 bits per heavy atom. The van der Waals surface area contributed by atoms with Gasteiger partial charge in [-0.15, -0.1) is 0 Å². The molecule has 0 bridgehead atoms. The van der Waals surface area contributed by atoms with Crippen LogP contribution >= 0.6 is 11.6 Å². The molecule has 0 unspecified atom stereocenters. The first-order valence-corrected chi connectivity index (χ1v) is 11.6. The molecule has 4 aromatic rings. The van der Waals surface area contributed by atoms with Crippen molar-refractivity contribution in [2.75, 3.05) is 6.26 Å². The molecule has 0 aliphatic carbocycles. The lowest BCUT2D eigenvalue weighted by molar-refractivity contribution is 0.301. The molecule has 31 heavy (non-hydrogen) atoms. The third-order valence-corrected chi connectivity index (χ3v) is 5.98. The fourth-order valence-electron chi connectivity index (χ4n) is 3.04. The highest BCUT2D eigenvalue weighted by molar-refractivity contribution is 7.90. The third-order valence-electron chi connectivity index (χ3n) is 4.60. The van der Waals surface area contributed by atoms with Crippen LogP contribution in [0.3, 0.4) is 0 Å². The number of benzene rings is 3. The molecule has 0 radical (unpaired) electrons. The number of sulfone groups is 1. The van der Waals surface area contributed by atoms with E-state index in [0.29, 0.717) is 22.3 Å². The van der Waals surface area contributed by atoms with Gasteiger partial charge in [-0.3, -0.25) is 4.57 Å². The van der Waals surface area contributed by atoms with E-state index in [1.165, 1.54) is 18.4 Å². The van der Waals surface area contributed by atoms with Crippen LogP contribution in [0.25, 0.3) is 17.1 Å². The normalized spacial score (nSPS) is 11.5. The fourth-order valence-corrected chi connectivity index (χ4v) is 3.80. The van der Waals surface area contributed by atoms with E-state index >= 15 is 0 Å². The Balaban J connectivity index is 1.70. The van der Waals surface area contributed by atoms with Gasteiger partial charge in [-0.1, -0.05) is 11.6 Å². The standard InChI is InChI=1S/C23H18ClFN2O3S/c1-31(28,29)22-12-2-16(3-13-22)23-26-19(15-30-21-10-6-18(25)7-11-21)14-27(23)20-8-4-17(24)5-9-20/h2-14H,15H2,1H3. The first-order chi connectivity index (χ1) is 14.8. The van der Waals surface area contributed by atoms with Crippen LogP contribution in [0.5, 0.6) is 5.75 Å². The van der Waals surface area contributed by atoms with Crippen molar-refractivity contribution in [3.8, 4) is 22.8 Å². The number of aromatic nitrogens is 2. The van der Waals surface area contributed by atoms with Crippen molar-refractivity contribution in [3.05, 3.63) is 95.5 Å². The van der Waals surface area contributed by atoms with Gasteiger partial charge in [0.15, 0.2) is 9.84 Å². The van der Waals surface area contributed by atoms with Gasteiger partial charge in [0.25, 0.3) is 0 Å². The number of rotatable bonds is 6. The molecule has 0 saturated carbocycles. The fraction of sp³-hybridized carbons (Fsp3) is 0.0870. The molecule has 1 aromatic heterocycles. The van der Waals surface area contributed by atoms with Crippen LogP contribution in [-0.2, 0) is 16.4 Å². The largest absolute Gasteiger partial charge is 0.487 e. The number of nitrogens with zero attached hydrogens (tertiary/aromatic N) is 2. The van der Waals surface area contributed by atoms with Gasteiger partial charge in [-0.05, 0) is 72.8 Å². The van der Waals surface area contributed by atoms with Crippen molar-refractivity contribution < 1.29 is 17.5 Å². The molecular weight excluding hydrogens is 439 g/mol. The zero-order chi connectivity index (χ0) is 22.0. The van der Waals surface area contributed by atoms with E-state index in [0.717, 1.165) is 11.3 Å². The van der Waals surface area contributed by atoms with Crippen LogP contribution in [0.15, 0.2) is 83.9 Å². The van der Waals surface area contributed by atoms with Crippen LogP contribution in [0.2, 0.25) is 5.02 Å². The van der Waals surface area contributed by atoms with E-state index in [4.69, 9.17) is 16.3 Å². The lowest BCUT2D eigenvalue weighted by atomic mass is 10.2. The van der Waals surface area contributed by atoms with Crippen LogP contribution in [0.1, 0.15) is 5.69 Å². The minimum Gasteiger partial charge on any atom is -0.487 e. The van der Waals surface area contributed by atoms with Gasteiger partial charge in [0.05, 0.1) is 10.6 Å². The van der Waals surface area contributed by atoms with E-state index in [-0.39, 0.29) is 17.3 Å². The van der Waals surface area contributed by atoms with E-state index in [9.17, 15) is 12.8 Å². The van der Waals surface area contributed by atoms with Gasteiger partial charge < -0.3 is 4.74 Å². The molecule has 0 amide bonds. The molecule has 0 aliphatic heterocycles. The van der Waals surface area contributed by atoms with Gasteiger partial charge in [0.2, 0.25) is 0 Å². The summed E-state index contributed by atoms with van der Waals surface area (Å²) in [6, 6.07) is 19.6. The Bertz CT molecular complexity index is 1300. The van der Waals surface area contributed by atoms with E-state index < -0.39 is 9.84 Å². The van der Waals surface area contributed by atoms with Crippen molar-refractivity contribution >= 4 is 21.4 Å². The molecule has 0 fully saturated rings. The second-order valence-electron chi connectivity index (χ2n) is 6.94. The molecule has 0 saturated heterocycles. The van der Waals surface area contributed by atoms with Crippen LogP contribution in [0, 0.1) is 5.82 Å². The summed E-state index contributed by atoms with van der Waals surface area (Å²) in [5.41, 5.74) is 2.24. The summed E-state index contributed by atoms with van der Waals surface area (Å²) in [4.78, 5) is 4.92. The Kier molecular flexibility index (Phi) is 5.80. The number of halogens is 2. The molecule has 1 heterocycles. The lowest BCUT2D eigenvalue weighted by Gasteiger charge is -2.08. The molecule has 0 N–H and O–H groups in total. The Hall–Kier alpha value is -3.16. The summed E-state index contributed by atoms with van der Waals surface area (Å²) in [5, 5.41) is 0.614. The highest BCUT2D eigenvalue weighted by atomic mass is 35.5. The average molecular weight is 457 g/mol. The molecule has 4 rings (SSSR count). The molecule has 5 nitrogen and oxygen atoms in total. The summed E-state index contributed by atoms with van der Waals surface area (Å²) in [7, 11) is -3.29. The molecule has 3 aromatic carbocycles. The predicted octanol–water partition coefficient (Wildman–Crippen LogP) is 5.31. The Morgan fingerprint density at radius 1 is 0.968 bits per heavy atom. The molecule has 0 aliphatic rings. The van der Waals surface area contributed by atoms with Gasteiger partial charge in [0, 0.05) is 28.7 Å². The van der Waals surface area contributed by atoms with Gasteiger partial charge >= 0.3 is 0 Å². The van der Waals surface area contributed by atoms with Crippen LogP contribution < -0.4 is 4.74 Å². The average Bonchev–Trinajstić information content (AvgIpc) is 3.18. The molecule has 158 valence electrons. The Morgan fingerprint density at radius 2 is 1.61 bits per heavy atom. The first-order valence-electron chi connectivity index (χ1n) is 9.33. The first kappa shape index (κ1) is 21.1. The molecule has 0 atom stereocenters. The van der Waals surface area contributed by atoms with Crippen LogP contribution in [0.4, 0.5) is 4.39 Å². The minimum atomic E-state index is -3.29. The van der Waals surface area contributed by atoms with Crippen molar-refractivity contribution in [1.29, 1.82) is 0 Å². The van der Waals surface area contributed by atoms with Crippen molar-refractivity contribution in [2.24, 2.45) is 0 Å². The topological polar surface area (TPSA) is 61.2 Å². The number of ether oxygens (including phenoxy) is 1. The maximum absolute atomic E-state index is 13.1. The van der Waals surface area contributed by atoms with Crippen molar-refractivity contribution in [2.45, 2.75) is 11.5 Å². The summed E-state index contributed by atoms with van der Waals surface area (Å²) in [6.07, 6.45) is 3.01. The summed E-state index contributed by atoms with van der Waals surface area (Å²) >= 11 is 6.02. The second kappa shape index (κ2) is 8.53. The molecule has 0 spiro atoms. The number of hydrogen-bond acceptors (Lipinski definition) is 4. The molecule has 8 heteroatoms. The minimum absolute atomic E-state index is 0.181. The smallest absolute Gasteiger partial charge is 0.175 e. The predicted molar refractivity (Wildman–Crippen MR) is 118 cm³/mol. The summed E-state index contributed by atoms with van der Waals surface area (Å²) in [5.74, 6) is 0.820. The van der Waals surface area contributed by atoms with Gasteiger partial charge in [-0.2, -0.15) is 0 Å². The SMILES string of the molecule is CS(=O)(=O)c1ccc(-c2nc(COc3ccc(F)cc3)cn2-c2ccc(Cl)cc2)cc1. The monoisotopic (exact) mass is 456 g/mol. The summed E-state index contributed by atoms with van der Waals surface area (Å²) in [6.45, 7) is 0.181. The zero-order valence-corrected chi connectivity index (χ0v) is 18.1. The highest BCUT2D eigenvalue weighted by Gasteiger charge is 2.14. The van der Waals surface area contributed by atoms with E-state index in [1.807, 2.05) is 22.9 Å². The quantitative estimate of drug-likeness (QED) is 0.394. The lowest BCUT2D eigenvalue weighted by Crippen LogP contribution is -1.98. The van der Waals surface area contributed by atoms with Crippen molar-refractivity contribution in [1.82, 2.24) is 9.55 Å². The second-order valence-corrected chi connectivity index (χ2v) is 9.39. The summed E-state index contributed by atoms with van der Waals surface area (Å²) < 4.78 is 44.3. The zero-order valence-electron chi connectivity index (χ0n) is 16.5. The maximum Gasteiger partial charge on any atom is 0.175 e. The van der Waals surface area contributed by atoms with E-state index in [2.05, 4.69) is 4.98 Å². The van der Waals surface area contributed by atoms with Crippen molar-refractivity contribution in [3.63, 3.8) is 0 Å². The van der Waals surface area contributed by atoms with Crippen LogP contribution in [-0.4, -0.2) is 24.2 Å². The van der Waals surface area contributed by atoms with Gasteiger partial charge in [-0.25, -0.2) is 17.8 Å². The molecular formula is C23H18ClFN2O3S. The number of hydrogen-bond donors (Lipinski definition) is 0. The number of imidazole rings is 1.